The summed E-state index contributed by atoms with van der Waals surface area (Å²) in [5.74, 6) is 0. The lowest BCUT2D eigenvalue weighted by Gasteiger charge is -2.33. The van der Waals surface area contributed by atoms with Gasteiger partial charge in [0.2, 0.25) is 0 Å². The summed E-state index contributed by atoms with van der Waals surface area (Å²) in [6.45, 7) is 8.74. The molecule has 2 aliphatic heterocycles. The predicted molar refractivity (Wildman–Crippen MR) is 85.0 cm³/mol. The molecular formula is C15H19NOS2. The first kappa shape index (κ1) is 13.5. The topological polar surface area (TPSA) is 21.6 Å². The largest absolute Gasteiger partial charge is 0.348 e. The zero-order chi connectivity index (χ0) is 13.7. The molecule has 19 heavy (non-hydrogen) atoms. The summed E-state index contributed by atoms with van der Waals surface area (Å²) < 4.78 is 6.03. The van der Waals surface area contributed by atoms with E-state index in [0.29, 0.717) is 5.25 Å². The van der Waals surface area contributed by atoms with Crippen molar-refractivity contribution in [3.63, 3.8) is 0 Å². The Labute approximate surface area is 123 Å². The number of thioether (sulfide) groups is 2. The van der Waals surface area contributed by atoms with Crippen LogP contribution in [0.25, 0.3) is 0 Å². The number of ether oxygens (including phenoxy) is 1. The minimum absolute atomic E-state index is 0.202. The van der Waals surface area contributed by atoms with Crippen molar-refractivity contribution in [2.75, 3.05) is 0 Å². The maximum absolute atomic E-state index is 6.30. The van der Waals surface area contributed by atoms with Crippen LogP contribution in [0.2, 0.25) is 0 Å². The van der Waals surface area contributed by atoms with Crippen molar-refractivity contribution < 1.29 is 4.74 Å². The summed E-state index contributed by atoms with van der Waals surface area (Å²) in [6.07, 6.45) is 0.280. The smallest absolute Gasteiger partial charge is 0.191 e. The van der Waals surface area contributed by atoms with Gasteiger partial charge < -0.3 is 4.74 Å². The number of hydrogen-bond acceptors (Lipinski definition) is 4. The van der Waals surface area contributed by atoms with Gasteiger partial charge in [-0.15, -0.1) is 11.8 Å². The molecule has 2 heterocycles. The quantitative estimate of drug-likeness (QED) is 0.776. The normalized spacial score (nSPS) is 36.7. The Morgan fingerprint density at radius 1 is 1.16 bits per heavy atom. The van der Waals surface area contributed by atoms with Crippen molar-refractivity contribution >= 4 is 28.6 Å². The first-order chi connectivity index (χ1) is 8.94. The van der Waals surface area contributed by atoms with Crippen molar-refractivity contribution in [3.05, 3.63) is 35.9 Å². The summed E-state index contributed by atoms with van der Waals surface area (Å²) >= 11 is 3.69. The van der Waals surface area contributed by atoms with E-state index in [0.717, 1.165) is 5.04 Å². The molecular weight excluding hydrogens is 274 g/mol. The average Bonchev–Trinajstić information content (AvgIpc) is 2.79. The van der Waals surface area contributed by atoms with Gasteiger partial charge >= 0.3 is 0 Å². The van der Waals surface area contributed by atoms with Crippen molar-refractivity contribution in [2.24, 2.45) is 4.99 Å². The van der Waals surface area contributed by atoms with Gasteiger partial charge in [-0.2, -0.15) is 0 Å². The van der Waals surface area contributed by atoms with Crippen LogP contribution in [0, 0.1) is 0 Å². The fourth-order valence-electron chi connectivity index (χ4n) is 2.35. The molecule has 1 aromatic carbocycles. The average molecular weight is 293 g/mol. The first-order valence-electron chi connectivity index (χ1n) is 6.63. The number of aliphatic imine (C=N–C) groups is 1. The van der Waals surface area contributed by atoms with Gasteiger partial charge in [0.15, 0.2) is 4.27 Å². The molecule has 1 aromatic rings. The molecule has 0 aliphatic carbocycles. The third kappa shape index (κ3) is 2.14. The van der Waals surface area contributed by atoms with E-state index < -0.39 is 0 Å². The molecule has 1 fully saturated rings. The lowest BCUT2D eigenvalue weighted by Crippen LogP contribution is -2.40. The van der Waals surface area contributed by atoms with E-state index in [4.69, 9.17) is 9.73 Å². The molecule has 1 saturated heterocycles. The fourth-order valence-corrected chi connectivity index (χ4v) is 5.79. The Hall–Kier alpha value is -0.450. The van der Waals surface area contributed by atoms with Crippen LogP contribution in [-0.2, 0) is 4.74 Å². The van der Waals surface area contributed by atoms with Gasteiger partial charge in [-0.3, -0.25) is 4.99 Å². The Kier molecular flexibility index (Phi) is 3.23. The van der Waals surface area contributed by atoms with Crippen LogP contribution in [0.3, 0.4) is 0 Å². The number of hydrogen-bond donors (Lipinski definition) is 0. The van der Waals surface area contributed by atoms with Gasteiger partial charge in [0.05, 0.1) is 6.10 Å². The molecule has 2 aliphatic rings. The van der Waals surface area contributed by atoms with Crippen LogP contribution < -0.4 is 0 Å². The zero-order valence-electron chi connectivity index (χ0n) is 11.7. The second-order valence-electron chi connectivity index (χ2n) is 5.65. The SMILES string of the molecule is C[C@@H]1O[C@]2(SC(c3ccccc3)=NC2(C)C)S[C@@H]1C. The van der Waals surface area contributed by atoms with Crippen molar-refractivity contribution in [1.82, 2.24) is 0 Å². The number of nitrogens with zero attached hydrogens (tertiary/aromatic N) is 1. The van der Waals surface area contributed by atoms with Gasteiger partial charge in [-0.1, -0.05) is 49.0 Å². The summed E-state index contributed by atoms with van der Waals surface area (Å²) in [4.78, 5) is 4.93. The second kappa shape index (κ2) is 4.54. The molecule has 4 heteroatoms. The Morgan fingerprint density at radius 3 is 2.42 bits per heavy atom. The van der Waals surface area contributed by atoms with Crippen LogP contribution >= 0.6 is 23.5 Å². The van der Waals surface area contributed by atoms with Crippen LogP contribution in [0.15, 0.2) is 35.3 Å². The highest BCUT2D eigenvalue weighted by Crippen LogP contribution is 2.60. The Morgan fingerprint density at radius 2 is 1.84 bits per heavy atom. The lowest BCUT2D eigenvalue weighted by atomic mass is 10.1. The van der Waals surface area contributed by atoms with E-state index in [9.17, 15) is 0 Å². The van der Waals surface area contributed by atoms with E-state index in [1.54, 1.807) is 11.8 Å². The van der Waals surface area contributed by atoms with Crippen LogP contribution in [0.5, 0.6) is 0 Å². The van der Waals surface area contributed by atoms with Gasteiger partial charge in [0.1, 0.15) is 10.6 Å². The van der Waals surface area contributed by atoms with Crippen LogP contribution in [0.1, 0.15) is 33.3 Å². The zero-order valence-corrected chi connectivity index (χ0v) is 13.3. The number of benzene rings is 1. The summed E-state index contributed by atoms with van der Waals surface area (Å²) in [7, 11) is 0. The van der Waals surface area contributed by atoms with E-state index in [1.807, 2.05) is 17.8 Å². The molecule has 3 rings (SSSR count). The van der Waals surface area contributed by atoms with Gasteiger partial charge in [-0.05, 0) is 20.8 Å². The maximum atomic E-state index is 6.30. The summed E-state index contributed by atoms with van der Waals surface area (Å²) in [6, 6.07) is 10.4. The van der Waals surface area contributed by atoms with Gasteiger partial charge in [-0.25, -0.2) is 0 Å². The third-order valence-electron chi connectivity index (χ3n) is 3.73. The molecule has 0 radical (unpaired) electrons. The van der Waals surface area contributed by atoms with E-state index in [-0.39, 0.29) is 15.9 Å². The second-order valence-corrected chi connectivity index (χ2v) is 8.62. The molecule has 0 aromatic heterocycles. The Bertz CT molecular complexity index is 502. The van der Waals surface area contributed by atoms with Crippen molar-refractivity contribution in [1.29, 1.82) is 0 Å². The number of rotatable bonds is 1. The summed E-state index contributed by atoms with van der Waals surface area (Å²) in [5, 5.41) is 1.61. The molecule has 0 saturated carbocycles. The molecule has 0 unspecified atom stereocenters. The van der Waals surface area contributed by atoms with E-state index in [2.05, 4.69) is 52.0 Å². The molecule has 0 N–H and O–H groups in total. The monoisotopic (exact) mass is 293 g/mol. The predicted octanol–water partition coefficient (Wildman–Crippen LogP) is 4.15. The first-order valence-corrected chi connectivity index (χ1v) is 8.33. The Balaban J connectivity index is 1.94. The molecule has 2 nitrogen and oxygen atoms in total. The molecule has 3 atom stereocenters. The van der Waals surface area contributed by atoms with E-state index in [1.165, 1.54) is 5.56 Å². The highest BCUT2D eigenvalue weighted by Gasteiger charge is 2.59. The van der Waals surface area contributed by atoms with Crippen molar-refractivity contribution in [2.45, 2.75) is 48.9 Å². The lowest BCUT2D eigenvalue weighted by molar-refractivity contribution is 0.0177. The van der Waals surface area contributed by atoms with Crippen molar-refractivity contribution in [3.8, 4) is 0 Å². The minimum Gasteiger partial charge on any atom is -0.348 e. The molecule has 0 amide bonds. The molecule has 0 bridgehead atoms. The molecule has 102 valence electrons. The third-order valence-corrected chi connectivity index (χ3v) is 7.31. The summed E-state index contributed by atoms with van der Waals surface area (Å²) in [5.41, 5.74) is 0.987. The highest BCUT2D eigenvalue weighted by atomic mass is 32.2. The molecule has 1 spiro atoms. The van der Waals surface area contributed by atoms with E-state index >= 15 is 0 Å². The highest BCUT2D eigenvalue weighted by molar-refractivity contribution is 8.26. The van der Waals surface area contributed by atoms with Gasteiger partial charge in [0.25, 0.3) is 0 Å². The fraction of sp³-hybridized carbons (Fsp3) is 0.533. The standard InChI is InChI=1S/C15H19NOS2/c1-10-11(2)18-15(17-10)14(3,4)16-13(19-15)12-8-6-5-7-9-12/h5-11H,1-4H3/t10-,11+,15-/m0/s1. The minimum atomic E-state index is -0.267. The maximum Gasteiger partial charge on any atom is 0.191 e. The van der Waals surface area contributed by atoms with Gasteiger partial charge in [0, 0.05) is 10.8 Å². The van der Waals surface area contributed by atoms with Crippen LogP contribution in [0.4, 0.5) is 0 Å². The van der Waals surface area contributed by atoms with Crippen LogP contribution in [-0.4, -0.2) is 26.2 Å².